The van der Waals surface area contributed by atoms with E-state index < -0.39 is 17.3 Å². The molecule has 92 valence electrons. The van der Waals surface area contributed by atoms with Crippen LogP contribution in [0.4, 0.5) is 13.2 Å². The maximum Gasteiger partial charge on any atom is 0.165 e. The smallest absolute Gasteiger partial charge is 0.165 e. The highest BCUT2D eigenvalue weighted by Gasteiger charge is 2.46. The van der Waals surface area contributed by atoms with E-state index in [1.807, 2.05) is 0 Å². The molecular formula is C13H14F3N. The van der Waals surface area contributed by atoms with Crippen LogP contribution in [0, 0.1) is 11.6 Å². The van der Waals surface area contributed by atoms with Crippen LogP contribution in [0.3, 0.4) is 0 Å². The van der Waals surface area contributed by atoms with Crippen molar-refractivity contribution in [2.24, 2.45) is 0 Å². The Morgan fingerprint density at radius 2 is 1.76 bits per heavy atom. The van der Waals surface area contributed by atoms with Crippen LogP contribution in [0.2, 0.25) is 0 Å². The van der Waals surface area contributed by atoms with Crippen molar-refractivity contribution >= 4 is 0 Å². The van der Waals surface area contributed by atoms with Crippen LogP contribution in [-0.4, -0.2) is 12.1 Å². The summed E-state index contributed by atoms with van der Waals surface area (Å²) in [5, 5.41) is 3.29. The van der Waals surface area contributed by atoms with Gasteiger partial charge in [0.05, 0.1) is 0 Å². The SMILES string of the molecule is Fc1cccc(C2(F)CC3CCC(C2)N3)c1F. The third-order valence-corrected chi connectivity index (χ3v) is 3.91. The molecule has 2 bridgehead atoms. The van der Waals surface area contributed by atoms with Gasteiger partial charge in [-0.2, -0.15) is 0 Å². The second-order valence-electron chi connectivity index (χ2n) is 5.11. The molecule has 1 aromatic carbocycles. The topological polar surface area (TPSA) is 12.0 Å². The Bertz CT molecular complexity index is 434. The fourth-order valence-electron chi connectivity index (χ4n) is 3.16. The molecule has 1 N–H and O–H groups in total. The lowest BCUT2D eigenvalue weighted by Gasteiger charge is -2.35. The van der Waals surface area contributed by atoms with Crippen LogP contribution < -0.4 is 5.32 Å². The number of piperidine rings is 1. The van der Waals surface area contributed by atoms with E-state index in [9.17, 15) is 13.2 Å². The van der Waals surface area contributed by atoms with Crippen molar-refractivity contribution in [1.82, 2.24) is 5.32 Å². The van der Waals surface area contributed by atoms with Gasteiger partial charge in [-0.3, -0.25) is 0 Å². The second kappa shape index (κ2) is 3.73. The molecule has 2 aliphatic rings. The van der Waals surface area contributed by atoms with Crippen LogP contribution in [0.25, 0.3) is 0 Å². The lowest BCUT2D eigenvalue weighted by atomic mass is 9.83. The van der Waals surface area contributed by atoms with Crippen molar-refractivity contribution in [1.29, 1.82) is 0 Å². The molecular weight excluding hydrogens is 227 g/mol. The van der Waals surface area contributed by atoms with Crippen LogP contribution in [0.5, 0.6) is 0 Å². The van der Waals surface area contributed by atoms with E-state index in [1.54, 1.807) is 0 Å². The molecule has 1 nitrogen and oxygen atoms in total. The summed E-state index contributed by atoms with van der Waals surface area (Å²) >= 11 is 0. The molecule has 0 amide bonds. The van der Waals surface area contributed by atoms with Gasteiger partial charge in [-0.05, 0) is 18.9 Å². The summed E-state index contributed by atoms with van der Waals surface area (Å²) < 4.78 is 41.7. The van der Waals surface area contributed by atoms with Crippen molar-refractivity contribution in [3.63, 3.8) is 0 Å². The highest BCUT2D eigenvalue weighted by Crippen LogP contribution is 2.44. The summed E-state index contributed by atoms with van der Waals surface area (Å²) in [5.74, 6) is -2.00. The zero-order valence-corrected chi connectivity index (χ0v) is 9.35. The van der Waals surface area contributed by atoms with Crippen LogP contribution in [0.15, 0.2) is 18.2 Å². The van der Waals surface area contributed by atoms with Gasteiger partial charge in [0.1, 0.15) is 5.67 Å². The molecule has 0 aliphatic carbocycles. The van der Waals surface area contributed by atoms with Gasteiger partial charge in [-0.15, -0.1) is 0 Å². The molecule has 0 saturated carbocycles. The van der Waals surface area contributed by atoms with Crippen LogP contribution in [-0.2, 0) is 5.67 Å². The Hall–Kier alpha value is -1.03. The number of fused-ring (bicyclic) bond motifs is 2. The van der Waals surface area contributed by atoms with E-state index in [4.69, 9.17) is 0 Å². The van der Waals surface area contributed by atoms with Gasteiger partial charge < -0.3 is 5.32 Å². The highest BCUT2D eigenvalue weighted by molar-refractivity contribution is 5.27. The second-order valence-corrected chi connectivity index (χ2v) is 5.11. The Labute approximate surface area is 98.0 Å². The van der Waals surface area contributed by atoms with Gasteiger partial charge >= 0.3 is 0 Å². The molecule has 3 rings (SSSR count). The zero-order chi connectivity index (χ0) is 12.0. The minimum absolute atomic E-state index is 0.0985. The number of rotatable bonds is 1. The first-order valence-electron chi connectivity index (χ1n) is 5.98. The molecule has 1 aromatic rings. The van der Waals surface area contributed by atoms with Crippen molar-refractivity contribution in [3.8, 4) is 0 Å². The van der Waals surface area contributed by atoms with Crippen molar-refractivity contribution in [2.45, 2.75) is 43.4 Å². The molecule has 17 heavy (non-hydrogen) atoms. The van der Waals surface area contributed by atoms with E-state index >= 15 is 0 Å². The molecule has 4 heteroatoms. The molecule has 2 aliphatic heterocycles. The fourth-order valence-corrected chi connectivity index (χ4v) is 3.16. The third kappa shape index (κ3) is 1.75. The Kier molecular flexibility index (Phi) is 2.43. The van der Waals surface area contributed by atoms with Crippen molar-refractivity contribution in [2.75, 3.05) is 0 Å². The molecule has 0 aromatic heterocycles. The van der Waals surface area contributed by atoms with Gasteiger partial charge in [0.15, 0.2) is 11.6 Å². The normalized spacial score (nSPS) is 36.2. The number of alkyl halides is 1. The molecule has 0 spiro atoms. The number of hydrogen-bond donors (Lipinski definition) is 1. The van der Waals surface area contributed by atoms with E-state index in [-0.39, 0.29) is 30.5 Å². The number of hydrogen-bond acceptors (Lipinski definition) is 1. The van der Waals surface area contributed by atoms with Crippen molar-refractivity contribution in [3.05, 3.63) is 35.4 Å². The van der Waals surface area contributed by atoms with Gasteiger partial charge in [-0.1, -0.05) is 12.1 Å². The predicted octanol–water partition coefficient (Wildman–Crippen LogP) is 3.04. The molecule has 0 radical (unpaired) electrons. The van der Waals surface area contributed by atoms with E-state index in [0.29, 0.717) is 0 Å². The first-order chi connectivity index (χ1) is 8.08. The molecule has 2 fully saturated rings. The van der Waals surface area contributed by atoms with E-state index in [2.05, 4.69) is 5.32 Å². The van der Waals surface area contributed by atoms with Gasteiger partial charge in [0.25, 0.3) is 0 Å². The Morgan fingerprint density at radius 3 is 2.41 bits per heavy atom. The fraction of sp³-hybridized carbons (Fsp3) is 0.538. The lowest BCUT2D eigenvalue weighted by molar-refractivity contribution is 0.0824. The van der Waals surface area contributed by atoms with Gasteiger partial charge in [-0.25, -0.2) is 13.2 Å². The Morgan fingerprint density at radius 1 is 1.12 bits per heavy atom. The number of nitrogens with one attached hydrogen (secondary N) is 1. The minimum Gasteiger partial charge on any atom is -0.311 e. The molecule has 2 saturated heterocycles. The summed E-state index contributed by atoms with van der Waals surface area (Å²) in [4.78, 5) is 0. The zero-order valence-electron chi connectivity index (χ0n) is 9.35. The first-order valence-corrected chi connectivity index (χ1v) is 5.98. The maximum atomic E-state index is 14.8. The predicted molar refractivity (Wildman–Crippen MR) is 58.3 cm³/mol. The lowest BCUT2D eigenvalue weighted by Crippen LogP contribution is -2.44. The third-order valence-electron chi connectivity index (χ3n) is 3.91. The first kappa shape index (κ1) is 11.1. The highest BCUT2D eigenvalue weighted by atomic mass is 19.2. The average Bonchev–Trinajstić information content (AvgIpc) is 2.62. The monoisotopic (exact) mass is 241 g/mol. The Balaban J connectivity index is 2.00. The van der Waals surface area contributed by atoms with Crippen molar-refractivity contribution < 1.29 is 13.2 Å². The van der Waals surface area contributed by atoms with Crippen LogP contribution >= 0.6 is 0 Å². The van der Waals surface area contributed by atoms with Gasteiger partial charge in [0, 0.05) is 30.5 Å². The summed E-state index contributed by atoms with van der Waals surface area (Å²) in [6, 6.07) is 3.96. The standard InChI is InChI=1S/C13H14F3N/c14-11-3-1-2-10(12(11)15)13(16)6-8-4-5-9(7-13)17-8/h1-3,8-9,17H,4-7H2. The minimum atomic E-state index is -1.72. The maximum absolute atomic E-state index is 14.8. The van der Waals surface area contributed by atoms with E-state index in [1.165, 1.54) is 12.1 Å². The summed E-state index contributed by atoms with van der Waals surface area (Å²) in [7, 11) is 0. The molecule has 2 atom stereocenters. The molecule has 2 unspecified atom stereocenters. The summed E-state index contributed by atoms with van der Waals surface area (Å²) in [6.45, 7) is 0. The largest absolute Gasteiger partial charge is 0.311 e. The average molecular weight is 241 g/mol. The quantitative estimate of drug-likeness (QED) is 0.796. The number of benzene rings is 1. The van der Waals surface area contributed by atoms with E-state index in [0.717, 1.165) is 18.9 Å². The summed E-state index contributed by atoms with van der Waals surface area (Å²) in [5.41, 5.74) is -1.83. The molecule has 2 heterocycles. The summed E-state index contributed by atoms with van der Waals surface area (Å²) in [6.07, 6.45) is 2.33. The van der Waals surface area contributed by atoms with Gasteiger partial charge in [0.2, 0.25) is 0 Å². The number of halogens is 3. The van der Waals surface area contributed by atoms with Crippen LogP contribution in [0.1, 0.15) is 31.2 Å².